The summed E-state index contributed by atoms with van der Waals surface area (Å²) in [6, 6.07) is 5.67. The first kappa shape index (κ1) is 25.0. The smallest absolute Gasteiger partial charge is 0.339 e. The van der Waals surface area contributed by atoms with Crippen molar-refractivity contribution in [3.05, 3.63) is 59.4 Å². The number of allylic oxidation sites excluding steroid dienone is 1. The van der Waals surface area contributed by atoms with E-state index in [2.05, 4.69) is 0 Å². The number of carbonyl (C=O) groups is 1. The van der Waals surface area contributed by atoms with Gasteiger partial charge in [-0.15, -0.1) is 0 Å². The third-order valence-corrected chi connectivity index (χ3v) is 5.57. The zero-order valence-corrected chi connectivity index (χ0v) is 19.4. The standard InChI is InChI=1S/C26H34O7/c1-3-18-14-21(31-12-5-11-27)8-9-23(18)24-15-19-6-7-22(16-25(19)33-26(24)29)32-17-20(28)10-13-30-4-2/h6-9,14-16,19-20,25,27-28H,3-5,10-13,17H2,1-2H3. The normalized spacial score (nSPS) is 20.4. The maximum Gasteiger partial charge on any atom is 0.339 e. The average Bonchev–Trinajstić information content (AvgIpc) is 2.82. The Morgan fingerprint density at radius 2 is 2.00 bits per heavy atom. The van der Waals surface area contributed by atoms with Crippen LogP contribution in [0.1, 0.15) is 37.8 Å². The molecule has 1 aromatic carbocycles. The molecule has 1 aliphatic heterocycles. The molecule has 0 spiro atoms. The van der Waals surface area contributed by atoms with E-state index in [-0.39, 0.29) is 25.1 Å². The van der Waals surface area contributed by atoms with Gasteiger partial charge < -0.3 is 29.2 Å². The summed E-state index contributed by atoms with van der Waals surface area (Å²) >= 11 is 0. The second kappa shape index (κ2) is 12.6. The molecule has 2 N–H and O–H groups in total. The summed E-state index contributed by atoms with van der Waals surface area (Å²) in [5.74, 6) is 0.841. The number of aliphatic hydroxyl groups excluding tert-OH is 2. The second-order valence-electron chi connectivity index (χ2n) is 8.00. The molecule has 7 heteroatoms. The molecule has 1 aromatic rings. The van der Waals surface area contributed by atoms with Gasteiger partial charge in [-0.2, -0.15) is 0 Å². The van der Waals surface area contributed by atoms with E-state index < -0.39 is 12.2 Å². The molecular weight excluding hydrogens is 424 g/mol. The van der Waals surface area contributed by atoms with Crippen molar-refractivity contribution in [2.75, 3.05) is 33.0 Å². The Hall–Kier alpha value is -2.61. The Balaban J connectivity index is 1.66. The molecule has 1 aliphatic carbocycles. The van der Waals surface area contributed by atoms with E-state index in [1.54, 1.807) is 6.08 Å². The Morgan fingerprint density at radius 1 is 1.15 bits per heavy atom. The van der Waals surface area contributed by atoms with Gasteiger partial charge in [0.15, 0.2) is 0 Å². The minimum atomic E-state index is -0.618. The van der Waals surface area contributed by atoms with E-state index in [1.165, 1.54) is 0 Å². The van der Waals surface area contributed by atoms with Crippen molar-refractivity contribution in [1.29, 1.82) is 0 Å². The number of esters is 1. The van der Waals surface area contributed by atoms with Gasteiger partial charge in [0.25, 0.3) is 0 Å². The molecule has 0 fully saturated rings. The molecular formula is C26H34O7. The molecule has 0 saturated carbocycles. The van der Waals surface area contributed by atoms with Crippen LogP contribution in [0.2, 0.25) is 0 Å². The highest BCUT2D eigenvalue weighted by Gasteiger charge is 2.32. The molecule has 0 radical (unpaired) electrons. The van der Waals surface area contributed by atoms with Gasteiger partial charge in [-0.3, -0.25) is 0 Å². The summed E-state index contributed by atoms with van der Waals surface area (Å²) in [5, 5.41) is 18.9. The fourth-order valence-corrected chi connectivity index (χ4v) is 3.76. The van der Waals surface area contributed by atoms with Crippen molar-refractivity contribution in [2.45, 2.75) is 45.3 Å². The van der Waals surface area contributed by atoms with Gasteiger partial charge in [-0.1, -0.05) is 25.1 Å². The van der Waals surface area contributed by atoms with Crippen LogP contribution in [0.25, 0.3) is 5.57 Å². The summed E-state index contributed by atoms with van der Waals surface area (Å²) in [6.07, 6.45) is 8.29. The van der Waals surface area contributed by atoms with Crippen molar-refractivity contribution < 1.29 is 34.0 Å². The van der Waals surface area contributed by atoms with Crippen LogP contribution >= 0.6 is 0 Å². The van der Waals surface area contributed by atoms with Gasteiger partial charge in [0.05, 0.1) is 18.3 Å². The highest BCUT2D eigenvalue weighted by atomic mass is 16.5. The van der Waals surface area contributed by atoms with Crippen LogP contribution in [-0.4, -0.2) is 61.4 Å². The van der Waals surface area contributed by atoms with Crippen LogP contribution in [0, 0.1) is 5.92 Å². The molecule has 2 aliphatic rings. The topological polar surface area (TPSA) is 94.5 Å². The van der Waals surface area contributed by atoms with Crippen molar-refractivity contribution in [3.8, 4) is 5.75 Å². The quantitative estimate of drug-likeness (QED) is 0.346. The zero-order chi connectivity index (χ0) is 23.6. The predicted octanol–water partition coefficient (Wildman–Crippen LogP) is 3.19. The van der Waals surface area contributed by atoms with Crippen LogP contribution in [0.5, 0.6) is 5.75 Å². The Morgan fingerprint density at radius 3 is 2.76 bits per heavy atom. The first-order chi connectivity index (χ1) is 16.0. The summed E-state index contributed by atoms with van der Waals surface area (Å²) < 4.78 is 22.3. The van der Waals surface area contributed by atoms with E-state index in [1.807, 2.05) is 50.3 Å². The number of rotatable bonds is 13. The Kier molecular flexibility index (Phi) is 9.54. The number of aryl methyl sites for hydroxylation is 1. The maximum atomic E-state index is 12.8. The summed E-state index contributed by atoms with van der Waals surface area (Å²) in [7, 11) is 0. The van der Waals surface area contributed by atoms with Crippen LogP contribution in [0.15, 0.2) is 48.3 Å². The van der Waals surface area contributed by atoms with E-state index >= 15 is 0 Å². The molecule has 1 heterocycles. The third-order valence-electron chi connectivity index (χ3n) is 5.57. The number of carbonyl (C=O) groups excluding carboxylic acids is 1. The third kappa shape index (κ3) is 6.93. The van der Waals surface area contributed by atoms with E-state index in [9.17, 15) is 9.90 Å². The zero-order valence-electron chi connectivity index (χ0n) is 19.4. The predicted molar refractivity (Wildman–Crippen MR) is 125 cm³/mol. The molecule has 0 bridgehead atoms. The van der Waals surface area contributed by atoms with Crippen LogP contribution < -0.4 is 4.74 Å². The van der Waals surface area contributed by atoms with Gasteiger partial charge >= 0.3 is 5.97 Å². The van der Waals surface area contributed by atoms with E-state index in [0.717, 1.165) is 23.3 Å². The first-order valence-corrected chi connectivity index (χ1v) is 11.6. The molecule has 0 amide bonds. The summed E-state index contributed by atoms with van der Waals surface area (Å²) in [4.78, 5) is 12.8. The second-order valence-corrected chi connectivity index (χ2v) is 8.00. The van der Waals surface area contributed by atoms with Crippen molar-refractivity contribution in [2.24, 2.45) is 5.92 Å². The largest absolute Gasteiger partial charge is 0.493 e. The summed E-state index contributed by atoms with van der Waals surface area (Å²) in [5.41, 5.74) is 2.38. The fraction of sp³-hybridized carbons (Fsp3) is 0.500. The fourth-order valence-electron chi connectivity index (χ4n) is 3.76. The number of aliphatic hydroxyl groups is 2. The highest BCUT2D eigenvalue weighted by molar-refractivity contribution is 6.17. The minimum Gasteiger partial charge on any atom is -0.493 e. The SMILES string of the molecule is CCOCCC(O)COC1=CC2OC(=O)C(c3ccc(OCCCO)cc3CC)=CC2C=C1. The molecule has 3 unspecified atom stereocenters. The summed E-state index contributed by atoms with van der Waals surface area (Å²) in [6.45, 7) is 5.73. The number of benzene rings is 1. The van der Waals surface area contributed by atoms with Crippen molar-refractivity contribution >= 4 is 11.5 Å². The van der Waals surface area contributed by atoms with Gasteiger partial charge in [-0.25, -0.2) is 4.79 Å². The van der Waals surface area contributed by atoms with Crippen LogP contribution in [-0.2, 0) is 25.4 Å². The minimum absolute atomic E-state index is 0.0851. The van der Waals surface area contributed by atoms with Gasteiger partial charge in [-0.05, 0) is 55.2 Å². The lowest BCUT2D eigenvalue weighted by molar-refractivity contribution is -0.141. The van der Waals surface area contributed by atoms with Crippen LogP contribution in [0.4, 0.5) is 0 Å². The van der Waals surface area contributed by atoms with Crippen molar-refractivity contribution in [3.63, 3.8) is 0 Å². The van der Waals surface area contributed by atoms with Gasteiger partial charge in [0, 0.05) is 32.2 Å². The Bertz CT molecular complexity index is 887. The molecule has 0 saturated heterocycles. The lowest BCUT2D eigenvalue weighted by Gasteiger charge is -2.29. The number of hydrogen-bond donors (Lipinski definition) is 2. The lowest BCUT2D eigenvalue weighted by Crippen LogP contribution is -2.31. The van der Waals surface area contributed by atoms with Gasteiger partial charge in [0.2, 0.25) is 0 Å². The monoisotopic (exact) mass is 458 g/mol. The highest BCUT2D eigenvalue weighted by Crippen LogP contribution is 2.34. The van der Waals surface area contributed by atoms with E-state index in [0.29, 0.717) is 44.0 Å². The molecule has 7 nitrogen and oxygen atoms in total. The molecule has 0 aromatic heterocycles. The number of ether oxygens (including phenoxy) is 4. The number of fused-ring (bicyclic) bond motifs is 1. The Labute approximate surface area is 195 Å². The van der Waals surface area contributed by atoms with E-state index in [4.69, 9.17) is 24.1 Å². The van der Waals surface area contributed by atoms with Crippen LogP contribution in [0.3, 0.4) is 0 Å². The lowest BCUT2D eigenvalue weighted by atomic mass is 9.88. The average molecular weight is 459 g/mol. The van der Waals surface area contributed by atoms with Gasteiger partial charge in [0.1, 0.15) is 24.2 Å². The van der Waals surface area contributed by atoms with Crippen molar-refractivity contribution in [1.82, 2.24) is 0 Å². The maximum absolute atomic E-state index is 12.8. The molecule has 33 heavy (non-hydrogen) atoms. The molecule has 180 valence electrons. The number of hydrogen-bond acceptors (Lipinski definition) is 7. The molecule has 3 atom stereocenters. The molecule has 3 rings (SSSR count). The first-order valence-electron chi connectivity index (χ1n) is 11.6.